The Kier molecular flexibility index (Phi) is 7.35. The lowest BCUT2D eigenvalue weighted by molar-refractivity contribution is -0.167. The van der Waals surface area contributed by atoms with Crippen LogP contribution in [0.15, 0.2) is 53.6 Å². The van der Waals surface area contributed by atoms with Crippen molar-refractivity contribution in [2.75, 3.05) is 11.9 Å². The number of carbonyl (C=O) groups excluding carboxylic acids is 2. The lowest BCUT2D eigenvalue weighted by atomic mass is 10.1. The number of amides is 2. The molecule has 154 valence electrons. The van der Waals surface area contributed by atoms with E-state index >= 15 is 0 Å². The first-order valence-corrected chi connectivity index (χ1v) is 8.72. The molecule has 0 fully saturated rings. The molecule has 9 heteroatoms. The zero-order valence-electron chi connectivity index (χ0n) is 15.8. The van der Waals surface area contributed by atoms with Crippen LogP contribution in [0.3, 0.4) is 0 Å². The summed E-state index contributed by atoms with van der Waals surface area (Å²) in [5.74, 6) is -1.64. The van der Waals surface area contributed by atoms with E-state index in [1.54, 1.807) is 36.5 Å². The molecule has 0 saturated carbocycles. The van der Waals surface area contributed by atoms with Gasteiger partial charge in [-0.25, -0.2) is 5.43 Å². The Balaban J connectivity index is 1.91. The Morgan fingerprint density at radius 1 is 1.03 bits per heavy atom. The maximum Gasteiger partial charge on any atom is 0.471 e. The van der Waals surface area contributed by atoms with Crippen molar-refractivity contribution in [1.29, 1.82) is 0 Å². The quantitative estimate of drug-likeness (QED) is 0.543. The van der Waals surface area contributed by atoms with E-state index < -0.39 is 12.1 Å². The zero-order valence-corrected chi connectivity index (χ0v) is 15.8. The summed E-state index contributed by atoms with van der Waals surface area (Å²) in [6, 6.07) is 12.7. The van der Waals surface area contributed by atoms with E-state index in [2.05, 4.69) is 10.5 Å². The number of nitrogens with zero attached hydrogens (tertiary/aromatic N) is 1. The normalized spacial score (nSPS) is 11.7. The third-order valence-corrected chi connectivity index (χ3v) is 3.77. The Morgan fingerprint density at radius 2 is 1.66 bits per heavy atom. The van der Waals surface area contributed by atoms with Gasteiger partial charge in [-0.1, -0.05) is 24.3 Å². The van der Waals surface area contributed by atoms with Gasteiger partial charge in [-0.05, 0) is 49.2 Å². The van der Waals surface area contributed by atoms with Gasteiger partial charge in [0.2, 0.25) is 5.91 Å². The fraction of sp³-hybridized carbons (Fsp3) is 0.250. The van der Waals surface area contributed by atoms with Crippen molar-refractivity contribution >= 4 is 23.2 Å². The van der Waals surface area contributed by atoms with Crippen molar-refractivity contribution in [1.82, 2.24) is 5.43 Å². The molecule has 2 amide bonds. The van der Waals surface area contributed by atoms with Crippen LogP contribution in [0, 0.1) is 0 Å². The molecule has 0 aliphatic carbocycles. The summed E-state index contributed by atoms with van der Waals surface area (Å²) < 4.78 is 42.1. The molecule has 2 N–H and O–H groups in total. The Labute approximate surface area is 165 Å². The molecular weight excluding hydrogens is 387 g/mol. The van der Waals surface area contributed by atoms with Crippen LogP contribution in [0.2, 0.25) is 0 Å². The minimum atomic E-state index is -4.95. The average Bonchev–Trinajstić information content (AvgIpc) is 2.67. The van der Waals surface area contributed by atoms with Crippen molar-refractivity contribution in [3.63, 3.8) is 0 Å². The summed E-state index contributed by atoms with van der Waals surface area (Å²) in [6.07, 6.45) is -4.82. The standard InChI is InChI=1S/C20H20F3N3O3/c1-3-29-17-10-4-14(5-11-17)12-18(27)26-25-13(2)15-6-8-16(9-7-15)24-19(28)20(21,22)23/h4-11H,3,12H2,1-2H3,(H,24,28)(H,26,27)/b25-13+. The van der Waals surface area contributed by atoms with Crippen LogP contribution < -0.4 is 15.5 Å². The van der Waals surface area contributed by atoms with E-state index in [9.17, 15) is 22.8 Å². The number of anilines is 1. The Hall–Kier alpha value is -3.36. The van der Waals surface area contributed by atoms with Gasteiger partial charge in [-0.2, -0.15) is 18.3 Å². The molecule has 6 nitrogen and oxygen atoms in total. The number of benzene rings is 2. The van der Waals surface area contributed by atoms with Gasteiger partial charge in [0.25, 0.3) is 0 Å². The molecule has 0 aromatic heterocycles. The predicted molar refractivity (Wildman–Crippen MR) is 103 cm³/mol. The minimum Gasteiger partial charge on any atom is -0.494 e. The highest BCUT2D eigenvalue weighted by Gasteiger charge is 2.38. The van der Waals surface area contributed by atoms with E-state index in [-0.39, 0.29) is 18.0 Å². The molecule has 2 rings (SSSR count). The van der Waals surface area contributed by atoms with Gasteiger partial charge in [0.05, 0.1) is 18.7 Å². The van der Waals surface area contributed by atoms with Gasteiger partial charge in [0.1, 0.15) is 5.75 Å². The molecule has 0 aliphatic heterocycles. The smallest absolute Gasteiger partial charge is 0.471 e. The molecule has 0 aliphatic rings. The van der Waals surface area contributed by atoms with Crippen LogP contribution in [0.1, 0.15) is 25.0 Å². The van der Waals surface area contributed by atoms with Gasteiger partial charge in [0.15, 0.2) is 0 Å². The molecule has 0 radical (unpaired) electrons. The molecule has 29 heavy (non-hydrogen) atoms. The monoisotopic (exact) mass is 407 g/mol. The molecule has 0 atom stereocenters. The third-order valence-electron chi connectivity index (χ3n) is 3.77. The van der Waals surface area contributed by atoms with Crippen molar-refractivity contribution in [3.05, 3.63) is 59.7 Å². The number of ether oxygens (including phenoxy) is 1. The number of hydrazone groups is 1. The maximum absolute atomic E-state index is 12.3. The van der Waals surface area contributed by atoms with E-state index in [1.807, 2.05) is 6.92 Å². The first-order valence-electron chi connectivity index (χ1n) is 8.72. The number of alkyl halides is 3. The molecule has 0 bridgehead atoms. The SMILES string of the molecule is CCOc1ccc(CC(=O)N/N=C(\C)c2ccc(NC(=O)C(F)(F)F)cc2)cc1. The number of carbonyl (C=O) groups is 2. The van der Waals surface area contributed by atoms with Crippen LogP contribution >= 0.6 is 0 Å². The van der Waals surface area contributed by atoms with Crippen LogP contribution in [0.25, 0.3) is 0 Å². The maximum atomic E-state index is 12.3. The van der Waals surface area contributed by atoms with Gasteiger partial charge in [-0.15, -0.1) is 0 Å². The van der Waals surface area contributed by atoms with Crippen LogP contribution in [-0.4, -0.2) is 30.3 Å². The van der Waals surface area contributed by atoms with E-state index in [0.717, 1.165) is 11.3 Å². The molecular formula is C20H20F3N3O3. The molecule has 2 aromatic rings. The van der Waals surface area contributed by atoms with Crippen molar-refractivity contribution in [2.45, 2.75) is 26.4 Å². The summed E-state index contributed by atoms with van der Waals surface area (Å²) in [5.41, 5.74) is 4.27. The molecule has 2 aromatic carbocycles. The molecule has 0 heterocycles. The molecule has 0 unspecified atom stereocenters. The largest absolute Gasteiger partial charge is 0.494 e. The lowest BCUT2D eigenvalue weighted by Gasteiger charge is -2.09. The highest BCUT2D eigenvalue weighted by molar-refractivity contribution is 6.00. The van der Waals surface area contributed by atoms with Gasteiger partial charge < -0.3 is 10.1 Å². The average molecular weight is 407 g/mol. The number of rotatable bonds is 7. The number of hydrogen-bond donors (Lipinski definition) is 2. The van der Waals surface area contributed by atoms with Gasteiger partial charge in [0, 0.05) is 5.69 Å². The van der Waals surface area contributed by atoms with E-state index in [1.165, 1.54) is 24.3 Å². The van der Waals surface area contributed by atoms with Gasteiger partial charge >= 0.3 is 12.1 Å². The summed E-state index contributed by atoms with van der Waals surface area (Å²) in [4.78, 5) is 22.9. The van der Waals surface area contributed by atoms with Gasteiger partial charge in [-0.3, -0.25) is 9.59 Å². The molecule has 0 spiro atoms. The predicted octanol–water partition coefficient (Wildman–Crippen LogP) is 3.67. The van der Waals surface area contributed by atoms with Crippen LogP contribution in [-0.2, 0) is 16.0 Å². The third kappa shape index (κ3) is 6.95. The second kappa shape index (κ2) is 9.72. The first-order chi connectivity index (χ1) is 13.7. The summed E-state index contributed by atoms with van der Waals surface area (Å²) in [7, 11) is 0. The second-order valence-electron chi connectivity index (χ2n) is 6.02. The van der Waals surface area contributed by atoms with E-state index in [0.29, 0.717) is 17.9 Å². The number of halogens is 3. The van der Waals surface area contributed by atoms with Crippen molar-refractivity contribution < 1.29 is 27.5 Å². The van der Waals surface area contributed by atoms with Crippen molar-refractivity contribution in [3.8, 4) is 5.75 Å². The Bertz CT molecular complexity index is 877. The summed E-state index contributed by atoms with van der Waals surface area (Å²) >= 11 is 0. The zero-order chi connectivity index (χ0) is 21.4. The highest BCUT2D eigenvalue weighted by atomic mass is 19.4. The number of hydrogen-bond acceptors (Lipinski definition) is 4. The lowest BCUT2D eigenvalue weighted by Crippen LogP contribution is -2.29. The summed E-state index contributed by atoms with van der Waals surface area (Å²) in [6.45, 7) is 4.08. The topological polar surface area (TPSA) is 79.8 Å². The van der Waals surface area contributed by atoms with Crippen molar-refractivity contribution in [2.24, 2.45) is 5.10 Å². The van der Waals surface area contributed by atoms with E-state index in [4.69, 9.17) is 4.74 Å². The fourth-order valence-electron chi connectivity index (χ4n) is 2.30. The first kappa shape index (κ1) is 21.9. The minimum absolute atomic E-state index is 0.00316. The molecule has 0 saturated heterocycles. The van der Waals surface area contributed by atoms with Crippen LogP contribution in [0.5, 0.6) is 5.75 Å². The fourth-order valence-corrected chi connectivity index (χ4v) is 2.30. The Morgan fingerprint density at radius 3 is 2.21 bits per heavy atom. The summed E-state index contributed by atoms with van der Waals surface area (Å²) in [5, 5.41) is 5.75. The highest BCUT2D eigenvalue weighted by Crippen LogP contribution is 2.18. The van der Waals surface area contributed by atoms with Crippen LogP contribution in [0.4, 0.5) is 18.9 Å². The number of nitrogens with one attached hydrogen (secondary N) is 2. The second-order valence-corrected chi connectivity index (χ2v) is 6.02.